The smallest absolute Gasteiger partial charge is 0.475 e. The third-order valence-corrected chi connectivity index (χ3v) is 3.68. The first-order valence-electron chi connectivity index (χ1n) is 5.55. The maximum atomic E-state index is 10.5. The molecule has 0 amide bonds. The normalized spacial score (nSPS) is 9.78. The van der Waals surface area contributed by atoms with Crippen LogP contribution in [0.15, 0.2) is 24.4 Å². The Hall–Kier alpha value is -1.19. The molecule has 0 aromatic carbocycles. The van der Waals surface area contributed by atoms with Crippen LogP contribution < -0.4 is 0 Å². The van der Waals surface area contributed by atoms with E-state index in [9.17, 15) is 9.59 Å². The highest BCUT2D eigenvalue weighted by Gasteiger charge is 2.14. The molecular formula is C11H22O5Si2. The first-order chi connectivity index (χ1) is 8.47. The molecular weight excluding hydrogens is 268 g/mol. The number of rotatable bonds is 6. The van der Waals surface area contributed by atoms with Crippen molar-refractivity contribution in [2.45, 2.75) is 27.2 Å². The Kier molecular flexibility index (Phi) is 14.8. The number of allylic oxidation sites excluding steroid dienone is 1. The number of carbonyl (C=O) groups is 2. The molecule has 0 saturated carbocycles. The summed E-state index contributed by atoms with van der Waals surface area (Å²) in [5, 5.41) is 0. The SMILES string of the molecule is C=CCCO[SiH3].CC=C[SiH](OC(C)=O)OC(C)=O. The Balaban J connectivity index is 0. The number of hydrogen-bond acceptors (Lipinski definition) is 5. The van der Waals surface area contributed by atoms with Gasteiger partial charge in [0.05, 0.1) is 0 Å². The third kappa shape index (κ3) is 17.2. The van der Waals surface area contributed by atoms with Crippen LogP contribution in [0, 0.1) is 0 Å². The van der Waals surface area contributed by atoms with Crippen LogP contribution in [0.3, 0.4) is 0 Å². The summed E-state index contributed by atoms with van der Waals surface area (Å²) in [6, 6.07) is 0. The van der Waals surface area contributed by atoms with Gasteiger partial charge in [0.2, 0.25) is 0 Å². The topological polar surface area (TPSA) is 61.8 Å². The van der Waals surface area contributed by atoms with Gasteiger partial charge in [-0.3, -0.25) is 9.59 Å². The van der Waals surface area contributed by atoms with E-state index in [-0.39, 0.29) is 0 Å². The number of hydrogen-bond donors (Lipinski definition) is 0. The van der Waals surface area contributed by atoms with Crippen molar-refractivity contribution < 1.29 is 22.9 Å². The van der Waals surface area contributed by atoms with Crippen molar-refractivity contribution in [2.75, 3.05) is 6.61 Å². The van der Waals surface area contributed by atoms with Gasteiger partial charge in [-0.25, -0.2) is 0 Å². The van der Waals surface area contributed by atoms with Crippen LogP contribution in [0.2, 0.25) is 0 Å². The third-order valence-electron chi connectivity index (χ3n) is 1.44. The van der Waals surface area contributed by atoms with Crippen LogP contribution in [0.4, 0.5) is 0 Å². The first kappa shape index (κ1) is 19.2. The molecule has 0 aromatic rings. The minimum absolute atomic E-state index is 0.425. The Bertz CT molecular complexity index is 263. The summed E-state index contributed by atoms with van der Waals surface area (Å²) in [4.78, 5) is 21.0. The fourth-order valence-corrected chi connectivity index (χ4v) is 2.20. The predicted molar refractivity (Wildman–Crippen MR) is 76.2 cm³/mol. The summed E-state index contributed by atoms with van der Waals surface area (Å²) in [5.74, 6) is -0.850. The van der Waals surface area contributed by atoms with Gasteiger partial charge in [0.25, 0.3) is 11.9 Å². The van der Waals surface area contributed by atoms with Crippen LogP contribution in [-0.4, -0.2) is 38.3 Å². The van der Waals surface area contributed by atoms with E-state index in [2.05, 4.69) is 6.58 Å². The van der Waals surface area contributed by atoms with E-state index < -0.39 is 21.2 Å². The van der Waals surface area contributed by atoms with Gasteiger partial charge in [0.1, 0.15) is 10.5 Å². The van der Waals surface area contributed by atoms with E-state index in [1.54, 1.807) is 18.7 Å². The fraction of sp³-hybridized carbons (Fsp3) is 0.455. The van der Waals surface area contributed by atoms with Crippen LogP contribution in [-0.2, 0) is 22.9 Å². The van der Waals surface area contributed by atoms with Crippen molar-refractivity contribution >= 4 is 31.7 Å². The fourth-order valence-electron chi connectivity index (χ4n) is 0.788. The molecule has 0 heterocycles. The molecule has 0 aliphatic carbocycles. The van der Waals surface area contributed by atoms with Crippen molar-refractivity contribution in [3.05, 3.63) is 24.4 Å². The zero-order valence-electron chi connectivity index (χ0n) is 11.5. The standard InChI is InChI=1S/C7H12O4Si.C4H10OSi/c1-4-5-12(10-6(2)8)11-7(3)9;1-2-3-4-5-6/h4-5,12H,1-3H3;2H,1,3-4H2,6H3. The molecule has 0 spiro atoms. The zero-order valence-corrected chi connectivity index (χ0v) is 14.6. The summed E-state index contributed by atoms with van der Waals surface area (Å²) in [6.45, 7) is 8.73. The Morgan fingerprint density at radius 3 is 2.00 bits per heavy atom. The van der Waals surface area contributed by atoms with E-state index in [0.717, 1.165) is 23.5 Å². The van der Waals surface area contributed by atoms with E-state index in [4.69, 9.17) is 13.3 Å². The second-order valence-corrected chi connectivity index (χ2v) is 5.35. The zero-order chi connectivity index (χ0) is 14.4. The number of carbonyl (C=O) groups excluding carboxylic acids is 2. The quantitative estimate of drug-likeness (QED) is 0.400. The minimum Gasteiger partial charge on any atom is -0.484 e. The Labute approximate surface area is 113 Å². The van der Waals surface area contributed by atoms with Crippen molar-refractivity contribution in [3.63, 3.8) is 0 Å². The molecule has 0 aliphatic rings. The second-order valence-electron chi connectivity index (χ2n) is 3.18. The van der Waals surface area contributed by atoms with Gasteiger partial charge >= 0.3 is 9.28 Å². The lowest BCUT2D eigenvalue weighted by Gasteiger charge is -2.09. The van der Waals surface area contributed by atoms with Gasteiger partial charge in [0.15, 0.2) is 0 Å². The van der Waals surface area contributed by atoms with E-state index in [1.165, 1.54) is 13.8 Å². The van der Waals surface area contributed by atoms with Crippen LogP contribution in [0.25, 0.3) is 0 Å². The highest BCUT2D eigenvalue weighted by molar-refractivity contribution is 6.54. The lowest BCUT2D eigenvalue weighted by Crippen LogP contribution is -2.25. The molecule has 0 bridgehead atoms. The molecule has 0 aliphatic heterocycles. The molecule has 104 valence electrons. The minimum atomic E-state index is -2.23. The van der Waals surface area contributed by atoms with Gasteiger partial charge in [-0.2, -0.15) is 0 Å². The molecule has 0 aromatic heterocycles. The average molecular weight is 290 g/mol. The molecule has 0 rings (SSSR count). The van der Waals surface area contributed by atoms with Crippen molar-refractivity contribution in [1.29, 1.82) is 0 Å². The van der Waals surface area contributed by atoms with Gasteiger partial charge in [0, 0.05) is 20.5 Å². The van der Waals surface area contributed by atoms with Crippen molar-refractivity contribution in [3.8, 4) is 0 Å². The highest BCUT2D eigenvalue weighted by atomic mass is 28.3. The lowest BCUT2D eigenvalue weighted by molar-refractivity contribution is -0.137. The van der Waals surface area contributed by atoms with Crippen LogP contribution in [0.5, 0.6) is 0 Å². The summed E-state index contributed by atoms with van der Waals surface area (Å²) in [6.07, 6.45) is 4.55. The summed E-state index contributed by atoms with van der Waals surface area (Å²) >= 11 is 0. The molecule has 0 atom stereocenters. The maximum Gasteiger partial charge on any atom is 0.475 e. The van der Waals surface area contributed by atoms with E-state index in [1.807, 2.05) is 6.08 Å². The maximum absolute atomic E-state index is 10.5. The summed E-state index contributed by atoms with van der Waals surface area (Å²) in [5.41, 5.74) is 1.61. The largest absolute Gasteiger partial charge is 0.484 e. The average Bonchev–Trinajstić information content (AvgIpc) is 2.25. The van der Waals surface area contributed by atoms with Crippen LogP contribution >= 0.6 is 0 Å². The molecule has 0 unspecified atom stereocenters. The first-order valence-corrected chi connectivity index (χ1v) is 7.97. The monoisotopic (exact) mass is 290 g/mol. The molecule has 0 radical (unpaired) electrons. The lowest BCUT2D eigenvalue weighted by atomic mass is 10.5. The Morgan fingerprint density at radius 2 is 1.78 bits per heavy atom. The highest BCUT2D eigenvalue weighted by Crippen LogP contribution is 1.93. The molecule has 0 fully saturated rings. The van der Waals surface area contributed by atoms with Crippen molar-refractivity contribution in [1.82, 2.24) is 0 Å². The van der Waals surface area contributed by atoms with Crippen molar-refractivity contribution in [2.24, 2.45) is 0 Å². The summed E-state index contributed by atoms with van der Waals surface area (Å²) < 4.78 is 14.4. The van der Waals surface area contributed by atoms with Gasteiger partial charge in [-0.15, -0.1) is 6.58 Å². The van der Waals surface area contributed by atoms with Crippen LogP contribution in [0.1, 0.15) is 27.2 Å². The molecule has 18 heavy (non-hydrogen) atoms. The molecule has 5 nitrogen and oxygen atoms in total. The van der Waals surface area contributed by atoms with Gasteiger partial charge in [-0.05, 0) is 19.0 Å². The molecule has 0 saturated heterocycles. The van der Waals surface area contributed by atoms with E-state index in [0.29, 0.717) is 0 Å². The summed E-state index contributed by atoms with van der Waals surface area (Å²) in [7, 11) is -1.37. The van der Waals surface area contributed by atoms with E-state index >= 15 is 0 Å². The Morgan fingerprint density at radius 1 is 1.28 bits per heavy atom. The van der Waals surface area contributed by atoms with Gasteiger partial charge < -0.3 is 13.3 Å². The predicted octanol–water partition coefficient (Wildman–Crippen LogP) is 0.308. The second kappa shape index (κ2) is 13.9. The molecule has 7 heteroatoms. The molecule has 0 N–H and O–H groups in total. The van der Waals surface area contributed by atoms with Gasteiger partial charge in [-0.1, -0.05) is 12.2 Å².